The average molecular weight is 193 g/mol. The lowest BCUT2D eigenvalue weighted by atomic mass is 10.1. The van der Waals surface area contributed by atoms with Crippen LogP contribution >= 0.6 is 0 Å². The topological polar surface area (TPSA) is 50.1 Å². The number of halogens is 1. The number of ether oxygens (including phenoxy) is 1. The van der Waals surface area contributed by atoms with Crippen molar-refractivity contribution in [3.05, 3.63) is 35.1 Å². The SMILES string of the molecule is COC(=O)Cc1cc(C#N)ccc1F. The van der Waals surface area contributed by atoms with E-state index in [1.807, 2.05) is 6.07 Å². The Kier molecular flexibility index (Phi) is 3.19. The van der Waals surface area contributed by atoms with E-state index in [1.54, 1.807) is 0 Å². The van der Waals surface area contributed by atoms with Crippen molar-refractivity contribution in [2.75, 3.05) is 7.11 Å². The highest BCUT2D eigenvalue weighted by atomic mass is 19.1. The molecule has 72 valence electrons. The van der Waals surface area contributed by atoms with Gasteiger partial charge in [-0.15, -0.1) is 0 Å². The molecule has 0 atom stereocenters. The Balaban J connectivity index is 2.96. The van der Waals surface area contributed by atoms with Crippen LogP contribution in [0.3, 0.4) is 0 Å². The predicted molar refractivity (Wildman–Crippen MR) is 46.8 cm³/mol. The number of hydrogen-bond acceptors (Lipinski definition) is 3. The molecule has 0 spiro atoms. The third-order valence-corrected chi connectivity index (χ3v) is 1.74. The highest BCUT2D eigenvalue weighted by molar-refractivity contribution is 5.72. The number of hydrogen-bond donors (Lipinski definition) is 0. The van der Waals surface area contributed by atoms with Gasteiger partial charge >= 0.3 is 5.97 Å². The number of carbonyl (C=O) groups excluding carboxylic acids is 1. The second-order valence-electron chi connectivity index (χ2n) is 2.67. The van der Waals surface area contributed by atoms with Crippen molar-refractivity contribution in [3.63, 3.8) is 0 Å². The molecule has 0 unspecified atom stereocenters. The molecule has 0 heterocycles. The third kappa shape index (κ3) is 2.30. The first-order valence-corrected chi connectivity index (χ1v) is 3.92. The molecule has 0 aliphatic carbocycles. The fraction of sp³-hybridized carbons (Fsp3) is 0.200. The van der Waals surface area contributed by atoms with E-state index in [-0.39, 0.29) is 12.0 Å². The van der Waals surface area contributed by atoms with Gasteiger partial charge < -0.3 is 4.74 Å². The van der Waals surface area contributed by atoms with E-state index in [4.69, 9.17) is 5.26 Å². The molecule has 0 bridgehead atoms. The van der Waals surface area contributed by atoms with Crippen molar-refractivity contribution >= 4 is 5.97 Å². The lowest BCUT2D eigenvalue weighted by Gasteiger charge is -2.01. The van der Waals surface area contributed by atoms with E-state index in [2.05, 4.69) is 4.74 Å². The molecule has 0 fully saturated rings. The molecule has 0 aromatic heterocycles. The zero-order valence-electron chi connectivity index (χ0n) is 7.58. The summed E-state index contributed by atoms with van der Waals surface area (Å²) in [5.74, 6) is -1.03. The Bertz CT molecular complexity index is 396. The summed E-state index contributed by atoms with van der Waals surface area (Å²) in [4.78, 5) is 10.9. The first-order chi connectivity index (χ1) is 6.67. The molecule has 1 aromatic rings. The molecule has 1 rings (SSSR count). The monoisotopic (exact) mass is 193 g/mol. The summed E-state index contributed by atoms with van der Waals surface area (Å²) >= 11 is 0. The molecule has 1 aromatic carbocycles. The Morgan fingerprint density at radius 1 is 1.64 bits per heavy atom. The molecule has 0 amide bonds. The number of carbonyl (C=O) groups is 1. The summed E-state index contributed by atoms with van der Waals surface area (Å²) in [6.07, 6.45) is -0.155. The number of nitrogens with zero attached hydrogens (tertiary/aromatic N) is 1. The van der Waals surface area contributed by atoms with Gasteiger partial charge in [0.15, 0.2) is 0 Å². The van der Waals surface area contributed by atoms with Crippen LogP contribution in [0.2, 0.25) is 0 Å². The number of benzene rings is 1. The van der Waals surface area contributed by atoms with E-state index in [0.717, 1.165) is 6.07 Å². The average Bonchev–Trinajstić information content (AvgIpc) is 2.21. The van der Waals surface area contributed by atoms with Crippen LogP contribution in [0.25, 0.3) is 0 Å². The largest absolute Gasteiger partial charge is 0.469 e. The lowest BCUT2D eigenvalue weighted by Crippen LogP contribution is -2.06. The third-order valence-electron chi connectivity index (χ3n) is 1.74. The van der Waals surface area contributed by atoms with Gasteiger partial charge in [-0.2, -0.15) is 5.26 Å². The van der Waals surface area contributed by atoms with Gasteiger partial charge in [-0.25, -0.2) is 4.39 Å². The summed E-state index contributed by atoms with van der Waals surface area (Å²) in [7, 11) is 1.23. The molecule has 0 radical (unpaired) electrons. The highest BCUT2D eigenvalue weighted by Gasteiger charge is 2.08. The standard InChI is InChI=1S/C10H8FNO2/c1-14-10(13)5-8-4-7(6-12)2-3-9(8)11/h2-4H,5H2,1H3. The van der Waals surface area contributed by atoms with Crippen molar-refractivity contribution in [2.24, 2.45) is 0 Å². The van der Waals surface area contributed by atoms with E-state index >= 15 is 0 Å². The van der Waals surface area contributed by atoms with Crippen molar-refractivity contribution in [3.8, 4) is 6.07 Å². The molecule has 0 saturated carbocycles. The van der Waals surface area contributed by atoms with Crippen LogP contribution in [-0.2, 0) is 16.0 Å². The molecular formula is C10H8FNO2. The van der Waals surface area contributed by atoms with Gasteiger partial charge in [-0.05, 0) is 18.2 Å². The Morgan fingerprint density at radius 2 is 2.36 bits per heavy atom. The maximum absolute atomic E-state index is 13.1. The van der Waals surface area contributed by atoms with Crippen LogP contribution in [0, 0.1) is 17.1 Å². The van der Waals surface area contributed by atoms with Crippen LogP contribution in [-0.4, -0.2) is 13.1 Å². The van der Waals surface area contributed by atoms with Crippen molar-refractivity contribution in [1.82, 2.24) is 0 Å². The molecule has 14 heavy (non-hydrogen) atoms. The minimum atomic E-state index is -0.529. The van der Waals surface area contributed by atoms with Crippen molar-refractivity contribution < 1.29 is 13.9 Å². The first kappa shape index (κ1) is 10.2. The number of rotatable bonds is 2. The van der Waals surface area contributed by atoms with Crippen LogP contribution in [0.15, 0.2) is 18.2 Å². The second kappa shape index (κ2) is 4.38. The fourth-order valence-corrected chi connectivity index (χ4v) is 1.01. The van der Waals surface area contributed by atoms with Gasteiger partial charge in [-0.1, -0.05) is 0 Å². The van der Waals surface area contributed by atoms with Crippen LogP contribution in [0.4, 0.5) is 4.39 Å². The molecular weight excluding hydrogens is 185 g/mol. The van der Waals surface area contributed by atoms with Gasteiger partial charge in [0.1, 0.15) is 5.82 Å². The van der Waals surface area contributed by atoms with E-state index in [0.29, 0.717) is 5.56 Å². The number of nitriles is 1. The lowest BCUT2D eigenvalue weighted by molar-refractivity contribution is -0.139. The zero-order chi connectivity index (χ0) is 10.6. The van der Waals surface area contributed by atoms with Gasteiger partial charge in [0.05, 0.1) is 25.2 Å². The fourth-order valence-electron chi connectivity index (χ4n) is 1.01. The van der Waals surface area contributed by atoms with Gasteiger partial charge in [0.2, 0.25) is 0 Å². The predicted octanol–water partition coefficient (Wildman–Crippen LogP) is 1.41. The summed E-state index contributed by atoms with van der Waals surface area (Å²) in [5, 5.41) is 8.56. The van der Waals surface area contributed by atoms with Gasteiger partial charge in [0.25, 0.3) is 0 Å². The quantitative estimate of drug-likeness (QED) is 0.667. The zero-order valence-corrected chi connectivity index (χ0v) is 7.58. The Labute approximate surface area is 80.7 Å². The van der Waals surface area contributed by atoms with Crippen LogP contribution < -0.4 is 0 Å². The van der Waals surface area contributed by atoms with Gasteiger partial charge in [-0.3, -0.25) is 4.79 Å². The van der Waals surface area contributed by atoms with E-state index < -0.39 is 11.8 Å². The van der Waals surface area contributed by atoms with Gasteiger partial charge in [0, 0.05) is 5.56 Å². The Hall–Kier alpha value is -1.89. The minimum absolute atomic E-state index is 0.155. The molecule has 0 saturated heterocycles. The first-order valence-electron chi connectivity index (χ1n) is 3.92. The Morgan fingerprint density at radius 3 is 2.93 bits per heavy atom. The minimum Gasteiger partial charge on any atom is -0.469 e. The molecule has 0 aliphatic heterocycles. The smallest absolute Gasteiger partial charge is 0.310 e. The molecule has 0 aliphatic rings. The maximum atomic E-state index is 13.1. The van der Waals surface area contributed by atoms with E-state index in [9.17, 15) is 9.18 Å². The van der Waals surface area contributed by atoms with Crippen LogP contribution in [0.5, 0.6) is 0 Å². The molecule has 0 N–H and O–H groups in total. The molecule has 4 heteroatoms. The summed E-state index contributed by atoms with van der Waals surface area (Å²) in [6.45, 7) is 0. The maximum Gasteiger partial charge on any atom is 0.310 e. The summed E-state index contributed by atoms with van der Waals surface area (Å²) < 4.78 is 17.5. The summed E-state index contributed by atoms with van der Waals surface area (Å²) in [5.41, 5.74) is 0.501. The second-order valence-corrected chi connectivity index (χ2v) is 2.67. The summed E-state index contributed by atoms with van der Waals surface area (Å²) in [6, 6.07) is 5.73. The van der Waals surface area contributed by atoms with E-state index in [1.165, 1.54) is 19.2 Å². The highest BCUT2D eigenvalue weighted by Crippen LogP contribution is 2.11. The normalized spacial score (nSPS) is 9.21. The van der Waals surface area contributed by atoms with Crippen LogP contribution in [0.1, 0.15) is 11.1 Å². The number of methoxy groups -OCH3 is 1. The van der Waals surface area contributed by atoms with Crippen molar-refractivity contribution in [1.29, 1.82) is 5.26 Å². The number of esters is 1. The molecule has 3 nitrogen and oxygen atoms in total. The van der Waals surface area contributed by atoms with Crippen molar-refractivity contribution in [2.45, 2.75) is 6.42 Å².